The van der Waals surface area contributed by atoms with E-state index in [0.29, 0.717) is 0 Å². The molecule has 1 aliphatic carbocycles. The van der Waals surface area contributed by atoms with Crippen LogP contribution in [-0.4, -0.2) is 14.2 Å². The number of benzene rings is 1. The zero-order chi connectivity index (χ0) is 11.8. The maximum Gasteiger partial charge on any atom is 0.136 e. The molecule has 0 unspecified atom stereocenters. The molecule has 17 heavy (non-hydrogen) atoms. The first-order valence-electron chi connectivity index (χ1n) is 6.08. The summed E-state index contributed by atoms with van der Waals surface area (Å²) in [7, 11) is 3.77. The van der Waals surface area contributed by atoms with Crippen molar-refractivity contribution in [2.75, 3.05) is 14.2 Å². The quantitative estimate of drug-likeness (QED) is 0.892. The molecule has 2 nitrogen and oxygen atoms in total. The molecule has 0 radical (unpaired) electrons. The molecule has 1 heterocycles. The average molecular weight is 247 g/mol. The summed E-state index contributed by atoms with van der Waals surface area (Å²) in [6.45, 7) is 0.967. The van der Waals surface area contributed by atoms with Gasteiger partial charge in [0.05, 0.1) is 11.8 Å². The lowest BCUT2D eigenvalue weighted by Crippen LogP contribution is -2.04. The zero-order valence-corrected chi connectivity index (χ0v) is 11.1. The molecule has 2 aromatic rings. The summed E-state index contributed by atoms with van der Waals surface area (Å²) in [5, 5.41) is 4.68. The van der Waals surface area contributed by atoms with Crippen LogP contribution < -0.4 is 10.1 Å². The van der Waals surface area contributed by atoms with E-state index in [1.54, 1.807) is 12.7 Å². The number of ether oxygens (including phenoxy) is 1. The van der Waals surface area contributed by atoms with Gasteiger partial charge in [-0.25, -0.2) is 0 Å². The van der Waals surface area contributed by atoms with Gasteiger partial charge in [0.15, 0.2) is 0 Å². The van der Waals surface area contributed by atoms with E-state index in [-0.39, 0.29) is 0 Å². The molecule has 1 N–H and O–H groups in total. The van der Waals surface area contributed by atoms with Crippen LogP contribution in [0.5, 0.6) is 5.75 Å². The number of methoxy groups -OCH3 is 1. The topological polar surface area (TPSA) is 21.3 Å². The van der Waals surface area contributed by atoms with Gasteiger partial charge in [-0.2, -0.15) is 0 Å². The van der Waals surface area contributed by atoms with E-state index in [1.807, 2.05) is 18.4 Å². The molecule has 0 amide bonds. The molecule has 0 spiro atoms. The Bertz CT molecular complexity index is 542. The van der Waals surface area contributed by atoms with Crippen molar-refractivity contribution in [2.45, 2.75) is 25.3 Å². The molecule has 3 rings (SSSR count). The van der Waals surface area contributed by atoms with Gasteiger partial charge in [-0.15, -0.1) is 11.3 Å². The third kappa shape index (κ3) is 1.83. The summed E-state index contributed by atoms with van der Waals surface area (Å²) in [5.74, 6) is 1.80. The first-order valence-corrected chi connectivity index (χ1v) is 6.89. The van der Waals surface area contributed by atoms with Crippen molar-refractivity contribution < 1.29 is 4.74 Å². The van der Waals surface area contributed by atoms with Crippen LogP contribution in [0.4, 0.5) is 0 Å². The van der Waals surface area contributed by atoms with Crippen LogP contribution >= 0.6 is 11.3 Å². The number of fused-ring (bicyclic) bond motifs is 1. The van der Waals surface area contributed by atoms with Crippen LogP contribution in [0.3, 0.4) is 0 Å². The summed E-state index contributed by atoms with van der Waals surface area (Å²) in [5.41, 5.74) is 1.57. The molecule has 3 heteroatoms. The first kappa shape index (κ1) is 11.1. The Labute approximate surface area is 106 Å². The van der Waals surface area contributed by atoms with Crippen molar-refractivity contribution >= 4 is 21.4 Å². The molecule has 0 aliphatic heterocycles. The van der Waals surface area contributed by atoms with E-state index in [4.69, 9.17) is 4.74 Å². The minimum Gasteiger partial charge on any atom is -0.495 e. The van der Waals surface area contributed by atoms with Crippen LogP contribution in [0.1, 0.15) is 29.2 Å². The highest BCUT2D eigenvalue weighted by Crippen LogP contribution is 2.49. The third-order valence-corrected chi connectivity index (χ3v) is 4.57. The normalized spacial score (nSPS) is 15.4. The van der Waals surface area contributed by atoms with Gasteiger partial charge in [-0.05, 0) is 37.4 Å². The van der Waals surface area contributed by atoms with E-state index in [2.05, 4.69) is 23.5 Å². The highest BCUT2D eigenvalue weighted by atomic mass is 32.1. The minimum absolute atomic E-state index is 0.791. The fourth-order valence-corrected chi connectivity index (χ4v) is 3.82. The molecule has 1 aromatic heterocycles. The van der Waals surface area contributed by atoms with Gasteiger partial charge >= 0.3 is 0 Å². The van der Waals surface area contributed by atoms with Crippen molar-refractivity contribution in [3.05, 3.63) is 28.6 Å². The Morgan fingerprint density at radius 1 is 1.41 bits per heavy atom. The number of rotatable bonds is 4. The molecule has 1 aliphatic rings. The van der Waals surface area contributed by atoms with Gasteiger partial charge in [-0.1, -0.05) is 12.1 Å². The van der Waals surface area contributed by atoms with Crippen molar-refractivity contribution in [1.82, 2.24) is 5.32 Å². The van der Waals surface area contributed by atoms with E-state index in [9.17, 15) is 0 Å². The lowest BCUT2D eigenvalue weighted by molar-refractivity contribution is 0.420. The first-order chi connectivity index (χ1) is 8.35. The molecular weight excluding hydrogens is 230 g/mol. The predicted octanol–water partition coefficient (Wildman–Crippen LogP) is 3.51. The van der Waals surface area contributed by atoms with Gasteiger partial charge < -0.3 is 10.1 Å². The fraction of sp³-hybridized carbons (Fsp3) is 0.429. The number of hydrogen-bond acceptors (Lipinski definition) is 3. The van der Waals surface area contributed by atoms with E-state index >= 15 is 0 Å². The number of thiophene rings is 1. The lowest BCUT2D eigenvalue weighted by Gasteiger charge is -2.02. The van der Waals surface area contributed by atoms with Gasteiger partial charge in [0.2, 0.25) is 0 Å². The van der Waals surface area contributed by atoms with Crippen molar-refractivity contribution in [3.63, 3.8) is 0 Å². The molecule has 90 valence electrons. The molecule has 0 saturated heterocycles. The van der Waals surface area contributed by atoms with Crippen LogP contribution in [0.25, 0.3) is 10.1 Å². The van der Waals surface area contributed by atoms with Gasteiger partial charge in [0, 0.05) is 16.8 Å². The molecule has 1 saturated carbocycles. The van der Waals surface area contributed by atoms with E-state index < -0.39 is 0 Å². The Hall–Kier alpha value is -1.06. The summed E-state index contributed by atoms with van der Waals surface area (Å²) < 4.78 is 6.77. The fourth-order valence-electron chi connectivity index (χ4n) is 2.43. The van der Waals surface area contributed by atoms with Crippen LogP contribution in [0.15, 0.2) is 18.2 Å². The predicted molar refractivity (Wildman–Crippen MR) is 73.1 cm³/mol. The van der Waals surface area contributed by atoms with Crippen LogP contribution in [0, 0.1) is 0 Å². The Balaban J connectivity index is 2.22. The maximum atomic E-state index is 5.46. The molecule has 0 atom stereocenters. The Morgan fingerprint density at radius 3 is 2.88 bits per heavy atom. The Kier molecular flexibility index (Phi) is 2.81. The Morgan fingerprint density at radius 2 is 2.24 bits per heavy atom. The molecule has 1 aromatic carbocycles. The maximum absolute atomic E-state index is 5.46. The monoisotopic (exact) mass is 247 g/mol. The summed E-state index contributed by atoms with van der Waals surface area (Å²) >= 11 is 1.88. The van der Waals surface area contributed by atoms with Gasteiger partial charge in [0.25, 0.3) is 0 Å². The lowest BCUT2D eigenvalue weighted by atomic mass is 10.1. The summed E-state index contributed by atoms with van der Waals surface area (Å²) in [4.78, 5) is 1.48. The zero-order valence-electron chi connectivity index (χ0n) is 10.2. The highest BCUT2D eigenvalue weighted by Gasteiger charge is 2.29. The second-order valence-electron chi connectivity index (χ2n) is 4.58. The SMILES string of the molecule is CNCc1sc2c(OC)cccc2c1C1CC1. The van der Waals surface area contributed by atoms with Crippen molar-refractivity contribution in [1.29, 1.82) is 0 Å². The third-order valence-electron chi connectivity index (χ3n) is 3.34. The van der Waals surface area contributed by atoms with Crippen molar-refractivity contribution in [3.8, 4) is 5.75 Å². The standard InChI is InChI=1S/C14H17NOS/c1-15-8-12-13(9-6-7-9)10-4-3-5-11(16-2)14(10)17-12/h3-5,9,15H,6-8H2,1-2H3. The van der Waals surface area contributed by atoms with Gasteiger partial charge in [-0.3, -0.25) is 0 Å². The van der Waals surface area contributed by atoms with Crippen LogP contribution in [0.2, 0.25) is 0 Å². The van der Waals surface area contributed by atoms with E-state index in [1.165, 1.54) is 27.8 Å². The molecule has 0 bridgehead atoms. The van der Waals surface area contributed by atoms with Crippen molar-refractivity contribution in [2.24, 2.45) is 0 Å². The molecular formula is C14H17NOS. The molecule has 1 fully saturated rings. The summed E-state index contributed by atoms with van der Waals surface area (Å²) in [6.07, 6.45) is 2.69. The highest BCUT2D eigenvalue weighted by molar-refractivity contribution is 7.19. The second-order valence-corrected chi connectivity index (χ2v) is 5.69. The number of nitrogens with one attached hydrogen (secondary N) is 1. The average Bonchev–Trinajstić information content (AvgIpc) is 3.11. The smallest absolute Gasteiger partial charge is 0.136 e. The van der Waals surface area contributed by atoms with Gasteiger partial charge in [0.1, 0.15) is 5.75 Å². The minimum atomic E-state index is 0.791. The van der Waals surface area contributed by atoms with Crippen LogP contribution in [-0.2, 0) is 6.54 Å². The number of hydrogen-bond donors (Lipinski definition) is 1. The second kappa shape index (κ2) is 4.31. The summed E-state index contributed by atoms with van der Waals surface area (Å²) in [6, 6.07) is 6.39. The van der Waals surface area contributed by atoms with E-state index in [0.717, 1.165) is 18.2 Å². The largest absolute Gasteiger partial charge is 0.495 e.